The SMILES string of the molecule is Nc1cccc(SCc2ccccc2F)c1. The largest absolute Gasteiger partial charge is 0.399 e. The molecule has 0 aromatic heterocycles. The van der Waals surface area contributed by atoms with Crippen molar-refractivity contribution in [3.8, 4) is 0 Å². The van der Waals surface area contributed by atoms with E-state index in [0.717, 1.165) is 16.1 Å². The number of thioether (sulfide) groups is 1. The van der Waals surface area contributed by atoms with Crippen molar-refractivity contribution in [1.82, 2.24) is 0 Å². The van der Waals surface area contributed by atoms with Gasteiger partial charge >= 0.3 is 0 Å². The summed E-state index contributed by atoms with van der Waals surface area (Å²) in [4.78, 5) is 1.06. The second-order valence-electron chi connectivity index (χ2n) is 3.45. The number of nitrogens with two attached hydrogens (primary N) is 1. The van der Waals surface area contributed by atoms with Crippen LogP contribution in [0.2, 0.25) is 0 Å². The summed E-state index contributed by atoms with van der Waals surface area (Å²) in [6.07, 6.45) is 0. The molecule has 0 atom stereocenters. The third kappa shape index (κ3) is 2.76. The van der Waals surface area contributed by atoms with Crippen molar-refractivity contribution in [2.45, 2.75) is 10.6 Å². The summed E-state index contributed by atoms with van der Waals surface area (Å²) in [6.45, 7) is 0. The molecule has 82 valence electrons. The van der Waals surface area contributed by atoms with Crippen LogP contribution in [0.1, 0.15) is 5.56 Å². The molecule has 0 aliphatic carbocycles. The first kappa shape index (κ1) is 11.0. The maximum absolute atomic E-state index is 13.3. The molecule has 0 aliphatic heterocycles. The van der Waals surface area contributed by atoms with Gasteiger partial charge in [0.25, 0.3) is 0 Å². The van der Waals surface area contributed by atoms with Crippen LogP contribution < -0.4 is 5.73 Å². The number of hydrogen-bond acceptors (Lipinski definition) is 2. The van der Waals surface area contributed by atoms with E-state index in [4.69, 9.17) is 5.73 Å². The van der Waals surface area contributed by atoms with Crippen LogP contribution in [0.15, 0.2) is 53.4 Å². The summed E-state index contributed by atoms with van der Waals surface area (Å²) in [6, 6.07) is 14.4. The number of nitrogen functional groups attached to an aromatic ring is 1. The molecule has 1 nitrogen and oxygen atoms in total. The Morgan fingerprint density at radius 3 is 2.62 bits per heavy atom. The number of hydrogen-bond donors (Lipinski definition) is 1. The summed E-state index contributed by atoms with van der Waals surface area (Å²) < 4.78 is 13.3. The van der Waals surface area contributed by atoms with Crippen molar-refractivity contribution < 1.29 is 4.39 Å². The molecule has 0 amide bonds. The minimum absolute atomic E-state index is 0.154. The predicted molar refractivity (Wildman–Crippen MR) is 66.8 cm³/mol. The van der Waals surface area contributed by atoms with Crippen LogP contribution in [0.3, 0.4) is 0 Å². The Kier molecular flexibility index (Phi) is 3.47. The molecule has 0 fully saturated rings. The van der Waals surface area contributed by atoms with Gasteiger partial charge in [-0.3, -0.25) is 0 Å². The van der Waals surface area contributed by atoms with Crippen LogP contribution in [-0.4, -0.2) is 0 Å². The highest BCUT2D eigenvalue weighted by Gasteiger charge is 2.01. The van der Waals surface area contributed by atoms with Crippen molar-refractivity contribution in [2.75, 3.05) is 5.73 Å². The van der Waals surface area contributed by atoms with E-state index in [9.17, 15) is 4.39 Å². The monoisotopic (exact) mass is 233 g/mol. The van der Waals surface area contributed by atoms with Crippen LogP contribution in [0, 0.1) is 5.82 Å². The molecule has 2 aromatic carbocycles. The Labute approximate surface area is 98.5 Å². The third-order valence-corrected chi connectivity index (χ3v) is 3.25. The fourth-order valence-corrected chi connectivity index (χ4v) is 2.33. The molecule has 0 heterocycles. The highest BCUT2D eigenvalue weighted by atomic mass is 32.2. The van der Waals surface area contributed by atoms with Gasteiger partial charge in [-0.25, -0.2) is 4.39 Å². The van der Waals surface area contributed by atoms with Gasteiger partial charge in [-0.1, -0.05) is 24.3 Å². The van der Waals surface area contributed by atoms with Crippen molar-refractivity contribution >= 4 is 17.4 Å². The van der Waals surface area contributed by atoms with E-state index in [1.54, 1.807) is 23.9 Å². The topological polar surface area (TPSA) is 26.0 Å². The first-order valence-corrected chi connectivity index (χ1v) is 5.96. The molecule has 0 saturated heterocycles. The fourth-order valence-electron chi connectivity index (χ4n) is 1.38. The molecule has 2 aromatic rings. The Morgan fingerprint density at radius 2 is 1.88 bits per heavy atom. The minimum Gasteiger partial charge on any atom is -0.399 e. The van der Waals surface area contributed by atoms with E-state index in [1.807, 2.05) is 30.3 Å². The smallest absolute Gasteiger partial charge is 0.127 e. The molecule has 0 aliphatic rings. The van der Waals surface area contributed by atoms with Gasteiger partial charge < -0.3 is 5.73 Å². The zero-order valence-electron chi connectivity index (χ0n) is 8.69. The maximum Gasteiger partial charge on any atom is 0.127 e. The molecule has 2 N–H and O–H groups in total. The average molecular weight is 233 g/mol. The molecule has 0 saturated carbocycles. The Balaban J connectivity index is 2.05. The maximum atomic E-state index is 13.3. The lowest BCUT2D eigenvalue weighted by atomic mass is 10.2. The molecule has 0 bridgehead atoms. The Bertz CT molecular complexity index is 485. The quantitative estimate of drug-likeness (QED) is 0.646. The van der Waals surface area contributed by atoms with Gasteiger partial charge in [0.1, 0.15) is 5.82 Å². The number of anilines is 1. The summed E-state index contributed by atoms with van der Waals surface area (Å²) in [5.41, 5.74) is 7.12. The summed E-state index contributed by atoms with van der Waals surface area (Å²) in [5.74, 6) is 0.467. The van der Waals surface area contributed by atoms with Gasteiger partial charge in [0, 0.05) is 16.3 Å². The van der Waals surface area contributed by atoms with E-state index >= 15 is 0 Å². The van der Waals surface area contributed by atoms with Gasteiger partial charge in [-0.2, -0.15) is 0 Å². The predicted octanol–water partition coefficient (Wildman–Crippen LogP) is 3.70. The minimum atomic E-state index is -0.154. The number of rotatable bonds is 3. The van der Waals surface area contributed by atoms with Crippen molar-refractivity contribution in [3.63, 3.8) is 0 Å². The molecule has 0 radical (unpaired) electrons. The number of halogens is 1. The van der Waals surface area contributed by atoms with Gasteiger partial charge in [0.15, 0.2) is 0 Å². The molecule has 2 rings (SSSR count). The van der Waals surface area contributed by atoms with Crippen molar-refractivity contribution in [1.29, 1.82) is 0 Å². The molecule has 0 spiro atoms. The highest BCUT2D eigenvalue weighted by Crippen LogP contribution is 2.25. The van der Waals surface area contributed by atoms with Crippen LogP contribution >= 0.6 is 11.8 Å². The van der Waals surface area contributed by atoms with E-state index in [0.29, 0.717) is 5.75 Å². The molecular formula is C13H12FNS. The van der Waals surface area contributed by atoms with E-state index in [1.165, 1.54) is 6.07 Å². The zero-order chi connectivity index (χ0) is 11.4. The summed E-state index contributed by atoms with van der Waals surface area (Å²) >= 11 is 1.58. The standard InChI is InChI=1S/C13H12FNS/c14-13-7-2-1-4-10(13)9-16-12-6-3-5-11(15)8-12/h1-8H,9,15H2. The van der Waals surface area contributed by atoms with Crippen LogP contribution in [0.5, 0.6) is 0 Å². The van der Waals surface area contributed by atoms with Crippen molar-refractivity contribution in [3.05, 3.63) is 59.9 Å². The van der Waals surface area contributed by atoms with Crippen LogP contribution in [0.25, 0.3) is 0 Å². The van der Waals surface area contributed by atoms with E-state index < -0.39 is 0 Å². The Morgan fingerprint density at radius 1 is 1.06 bits per heavy atom. The van der Waals surface area contributed by atoms with Crippen LogP contribution in [-0.2, 0) is 5.75 Å². The summed E-state index contributed by atoms with van der Waals surface area (Å²) in [5, 5.41) is 0. The zero-order valence-corrected chi connectivity index (χ0v) is 9.51. The summed E-state index contributed by atoms with van der Waals surface area (Å²) in [7, 11) is 0. The molecular weight excluding hydrogens is 221 g/mol. The number of benzene rings is 2. The van der Waals surface area contributed by atoms with Gasteiger partial charge in [-0.05, 0) is 29.8 Å². The molecule has 16 heavy (non-hydrogen) atoms. The molecule has 3 heteroatoms. The fraction of sp³-hybridized carbons (Fsp3) is 0.0769. The Hall–Kier alpha value is -1.48. The third-order valence-electron chi connectivity index (χ3n) is 2.21. The van der Waals surface area contributed by atoms with Gasteiger partial charge in [0.2, 0.25) is 0 Å². The first-order valence-electron chi connectivity index (χ1n) is 4.97. The second kappa shape index (κ2) is 5.03. The molecule has 0 unspecified atom stereocenters. The van der Waals surface area contributed by atoms with E-state index in [-0.39, 0.29) is 5.82 Å². The lowest BCUT2D eigenvalue weighted by molar-refractivity contribution is 0.617. The first-order chi connectivity index (χ1) is 7.75. The lowest BCUT2D eigenvalue weighted by Gasteiger charge is -2.03. The average Bonchev–Trinajstić information content (AvgIpc) is 2.28. The lowest BCUT2D eigenvalue weighted by Crippen LogP contribution is -1.87. The van der Waals surface area contributed by atoms with Crippen molar-refractivity contribution in [2.24, 2.45) is 0 Å². The van der Waals surface area contributed by atoms with Gasteiger partial charge in [-0.15, -0.1) is 11.8 Å². The normalized spacial score (nSPS) is 10.3. The second-order valence-corrected chi connectivity index (χ2v) is 4.50. The van der Waals surface area contributed by atoms with Gasteiger partial charge in [0.05, 0.1) is 0 Å². The highest BCUT2D eigenvalue weighted by molar-refractivity contribution is 7.98. The van der Waals surface area contributed by atoms with E-state index in [2.05, 4.69) is 0 Å². The van der Waals surface area contributed by atoms with Crippen LogP contribution in [0.4, 0.5) is 10.1 Å².